The van der Waals surface area contributed by atoms with Crippen molar-refractivity contribution >= 4 is 5.97 Å². The Hall–Kier alpha value is -0.670. The van der Waals surface area contributed by atoms with E-state index in [0.29, 0.717) is 6.92 Å². The van der Waals surface area contributed by atoms with Crippen molar-refractivity contribution in [2.75, 3.05) is 6.61 Å². The van der Waals surface area contributed by atoms with E-state index in [2.05, 4.69) is 4.74 Å². The van der Waals surface area contributed by atoms with Crippen molar-refractivity contribution in [3.63, 3.8) is 0 Å². The number of rotatable bonds is 2. The lowest BCUT2D eigenvalue weighted by Gasteiger charge is -2.06. The molecule has 0 amide bonds. The molecule has 0 saturated heterocycles. The van der Waals surface area contributed by atoms with Gasteiger partial charge in [-0.3, -0.25) is 0 Å². The Labute approximate surface area is 51.8 Å². The van der Waals surface area contributed by atoms with Crippen LogP contribution in [0.1, 0.15) is 13.8 Å². The number of hydrogen-bond acceptors (Lipinski definition) is 2. The largest absolute Gasteiger partial charge is 0.462 e. The minimum absolute atomic E-state index is 0.0116. The lowest BCUT2D eigenvalue weighted by molar-refractivity contribution is -0.168. The Morgan fingerprint density at radius 3 is 2.22 bits per heavy atom. The fraction of sp³-hybridized carbons (Fsp3) is 0.800. The lowest BCUT2D eigenvalue weighted by Crippen LogP contribution is -2.26. The van der Waals surface area contributed by atoms with Crippen molar-refractivity contribution in [2.24, 2.45) is 0 Å². The predicted molar refractivity (Wildman–Crippen MR) is 27.3 cm³/mol. The minimum Gasteiger partial charge on any atom is -0.462 e. The van der Waals surface area contributed by atoms with Crippen LogP contribution in [0, 0.1) is 0 Å². The predicted octanol–water partition coefficient (Wildman–Crippen LogP) is 1.20. The van der Waals surface area contributed by atoms with Gasteiger partial charge in [-0.1, -0.05) is 0 Å². The molecule has 0 aromatic carbocycles. The SMILES string of the molecule is CCOC(=O)C(C)(F)F. The number of alkyl halides is 2. The van der Waals surface area contributed by atoms with E-state index in [4.69, 9.17) is 0 Å². The molecule has 0 atom stereocenters. The fourth-order valence-electron chi connectivity index (χ4n) is 0.258. The summed E-state index contributed by atoms with van der Waals surface area (Å²) in [6.07, 6.45) is 0. The second-order valence-corrected chi connectivity index (χ2v) is 1.61. The summed E-state index contributed by atoms with van der Waals surface area (Å²) in [5, 5.41) is 0. The van der Waals surface area contributed by atoms with Crippen molar-refractivity contribution in [3.8, 4) is 0 Å². The summed E-state index contributed by atoms with van der Waals surface area (Å²) in [6.45, 7) is 1.97. The quantitative estimate of drug-likeness (QED) is 0.536. The van der Waals surface area contributed by atoms with Crippen molar-refractivity contribution in [1.82, 2.24) is 0 Å². The van der Waals surface area contributed by atoms with E-state index in [1.54, 1.807) is 0 Å². The molecule has 54 valence electrons. The Kier molecular flexibility index (Phi) is 2.55. The zero-order valence-electron chi connectivity index (χ0n) is 5.28. The zero-order valence-corrected chi connectivity index (χ0v) is 5.28. The number of ether oxygens (including phenoxy) is 1. The van der Waals surface area contributed by atoms with Gasteiger partial charge in [-0.05, 0) is 6.92 Å². The monoisotopic (exact) mass is 138 g/mol. The molecule has 0 heterocycles. The summed E-state index contributed by atoms with van der Waals surface area (Å²) in [5.74, 6) is -4.82. The highest BCUT2D eigenvalue weighted by molar-refractivity contribution is 5.76. The molecule has 0 aliphatic rings. The van der Waals surface area contributed by atoms with E-state index in [1.807, 2.05) is 0 Å². The highest BCUT2D eigenvalue weighted by Gasteiger charge is 2.33. The van der Waals surface area contributed by atoms with Crippen LogP contribution in [-0.4, -0.2) is 18.5 Å². The Morgan fingerprint density at radius 2 is 2.11 bits per heavy atom. The molecule has 0 fully saturated rings. The van der Waals surface area contributed by atoms with E-state index in [1.165, 1.54) is 6.92 Å². The van der Waals surface area contributed by atoms with Crippen LogP contribution in [-0.2, 0) is 9.53 Å². The van der Waals surface area contributed by atoms with Crippen LogP contribution < -0.4 is 0 Å². The normalized spacial score (nSPS) is 11.1. The summed E-state index contributed by atoms with van der Waals surface area (Å²) < 4.78 is 27.7. The van der Waals surface area contributed by atoms with E-state index in [9.17, 15) is 13.6 Å². The maximum Gasteiger partial charge on any atom is 0.376 e. The smallest absolute Gasteiger partial charge is 0.376 e. The Balaban J connectivity index is 3.74. The van der Waals surface area contributed by atoms with E-state index in [0.717, 1.165) is 0 Å². The van der Waals surface area contributed by atoms with Gasteiger partial charge >= 0.3 is 11.9 Å². The summed E-state index contributed by atoms with van der Waals surface area (Å²) in [6, 6.07) is 0. The third-order valence-corrected chi connectivity index (χ3v) is 0.634. The highest BCUT2D eigenvalue weighted by atomic mass is 19.3. The minimum atomic E-state index is -3.35. The van der Waals surface area contributed by atoms with Crippen LogP contribution in [0.2, 0.25) is 0 Å². The average molecular weight is 138 g/mol. The summed E-state index contributed by atoms with van der Waals surface area (Å²) in [7, 11) is 0. The van der Waals surface area contributed by atoms with Crippen LogP contribution in [0.5, 0.6) is 0 Å². The van der Waals surface area contributed by atoms with E-state index in [-0.39, 0.29) is 6.61 Å². The molecule has 0 aromatic heterocycles. The van der Waals surface area contributed by atoms with Crippen LogP contribution in [0.25, 0.3) is 0 Å². The molecular formula is C5H8F2O2. The Bertz CT molecular complexity index is 106. The van der Waals surface area contributed by atoms with Crippen molar-refractivity contribution < 1.29 is 18.3 Å². The first-order chi connectivity index (χ1) is 3.98. The maximum absolute atomic E-state index is 11.8. The molecule has 0 bridgehead atoms. The highest BCUT2D eigenvalue weighted by Crippen LogP contribution is 2.12. The third-order valence-electron chi connectivity index (χ3n) is 0.634. The van der Waals surface area contributed by atoms with Crippen LogP contribution >= 0.6 is 0 Å². The van der Waals surface area contributed by atoms with Gasteiger partial charge < -0.3 is 4.74 Å². The molecule has 0 rings (SSSR count). The summed E-state index contributed by atoms with van der Waals surface area (Å²) in [4.78, 5) is 10.1. The molecule has 0 saturated carbocycles. The Morgan fingerprint density at radius 1 is 1.67 bits per heavy atom. The molecule has 0 radical (unpaired) electrons. The van der Waals surface area contributed by atoms with Gasteiger partial charge in [0, 0.05) is 6.92 Å². The number of hydrogen-bond donors (Lipinski definition) is 0. The van der Waals surface area contributed by atoms with E-state index >= 15 is 0 Å². The molecule has 0 spiro atoms. The van der Waals surface area contributed by atoms with Crippen LogP contribution in [0.4, 0.5) is 8.78 Å². The average Bonchev–Trinajstić information content (AvgIpc) is 1.64. The summed E-state index contributed by atoms with van der Waals surface area (Å²) in [5.41, 5.74) is 0. The number of halogens is 2. The maximum atomic E-state index is 11.8. The van der Waals surface area contributed by atoms with Crippen LogP contribution in [0.3, 0.4) is 0 Å². The fourth-order valence-corrected chi connectivity index (χ4v) is 0.258. The van der Waals surface area contributed by atoms with Gasteiger partial charge in [-0.15, -0.1) is 0 Å². The van der Waals surface area contributed by atoms with Crippen molar-refractivity contribution in [2.45, 2.75) is 19.8 Å². The second-order valence-electron chi connectivity index (χ2n) is 1.61. The first-order valence-electron chi connectivity index (χ1n) is 2.53. The van der Waals surface area contributed by atoms with Gasteiger partial charge in [0.25, 0.3) is 0 Å². The molecule has 4 heteroatoms. The second kappa shape index (κ2) is 2.75. The van der Waals surface area contributed by atoms with Gasteiger partial charge in [-0.25, -0.2) is 4.79 Å². The molecule has 0 aliphatic carbocycles. The van der Waals surface area contributed by atoms with Crippen molar-refractivity contribution in [3.05, 3.63) is 0 Å². The number of carbonyl (C=O) groups excluding carboxylic acids is 1. The lowest BCUT2D eigenvalue weighted by atomic mass is 10.4. The topological polar surface area (TPSA) is 26.3 Å². The van der Waals surface area contributed by atoms with Crippen LogP contribution in [0.15, 0.2) is 0 Å². The molecule has 0 N–H and O–H groups in total. The van der Waals surface area contributed by atoms with Gasteiger partial charge in [0.05, 0.1) is 6.61 Å². The van der Waals surface area contributed by atoms with Gasteiger partial charge in [0.1, 0.15) is 0 Å². The van der Waals surface area contributed by atoms with Crippen molar-refractivity contribution in [1.29, 1.82) is 0 Å². The number of esters is 1. The third kappa shape index (κ3) is 3.00. The van der Waals surface area contributed by atoms with Gasteiger partial charge in [0.15, 0.2) is 0 Å². The number of carbonyl (C=O) groups is 1. The molecule has 0 unspecified atom stereocenters. The zero-order chi connectivity index (χ0) is 7.49. The molecule has 0 aliphatic heterocycles. The van der Waals surface area contributed by atoms with Gasteiger partial charge in [0.2, 0.25) is 0 Å². The standard InChI is InChI=1S/C5H8F2O2/c1-3-9-4(8)5(2,6)7/h3H2,1-2H3. The molecule has 2 nitrogen and oxygen atoms in total. The molecular weight excluding hydrogens is 130 g/mol. The summed E-state index contributed by atoms with van der Waals surface area (Å²) >= 11 is 0. The first-order valence-corrected chi connectivity index (χ1v) is 2.53. The van der Waals surface area contributed by atoms with E-state index < -0.39 is 11.9 Å². The van der Waals surface area contributed by atoms with Gasteiger partial charge in [-0.2, -0.15) is 8.78 Å². The molecule has 0 aromatic rings. The first kappa shape index (κ1) is 8.33. The molecule has 9 heavy (non-hydrogen) atoms.